The van der Waals surface area contributed by atoms with Gasteiger partial charge in [-0.2, -0.15) is 4.31 Å². The van der Waals surface area contributed by atoms with Gasteiger partial charge in [0.25, 0.3) is 11.8 Å². The van der Waals surface area contributed by atoms with E-state index in [1.54, 1.807) is 11.0 Å². The van der Waals surface area contributed by atoms with E-state index in [-0.39, 0.29) is 24.4 Å². The molecule has 1 aliphatic heterocycles. The molecule has 1 aliphatic rings. The first kappa shape index (κ1) is 23.4. The highest BCUT2D eigenvalue weighted by Crippen LogP contribution is 2.31. The predicted octanol–water partition coefficient (Wildman–Crippen LogP) is 2.91. The molecule has 1 saturated heterocycles. The van der Waals surface area contributed by atoms with Gasteiger partial charge in [-0.1, -0.05) is 32.9 Å². The van der Waals surface area contributed by atoms with Gasteiger partial charge in [0.15, 0.2) is 0 Å². The zero-order chi connectivity index (χ0) is 23.1. The number of aryl methyl sites for hydroxylation is 2. The minimum absolute atomic E-state index is 0.0695. The molecular weight excluding hydrogens is 434 g/mol. The van der Waals surface area contributed by atoms with E-state index in [0.717, 1.165) is 28.0 Å². The zero-order valence-electron chi connectivity index (χ0n) is 18.6. The number of thiophene rings is 1. The van der Waals surface area contributed by atoms with E-state index >= 15 is 0 Å². The van der Waals surface area contributed by atoms with Crippen LogP contribution in [0.5, 0.6) is 0 Å². The number of rotatable bonds is 4. The lowest BCUT2D eigenvalue weighted by molar-refractivity contribution is 0.0702. The highest BCUT2D eigenvalue weighted by Gasteiger charge is 2.33. The van der Waals surface area contributed by atoms with Gasteiger partial charge in [-0.3, -0.25) is 9.59 Å². The summed E-state index contributed by atoms with van der Waals surface area (Å²) in [6.45, 7) is 11.0. The van der Waals surface area contributed by atoms with Crippen molar-refractivity contribution >= 4 is 33.2 Å². The zero-order valence-corrected chi connectivity index (χ0v) is 20.2. The highest BCUT2D eigenvalue weighted by molar-refractivity contribution is 7.89. The van der Waals surface area contributed by atoms with Gasteiger partial charge >= 0.3 is 0 Å². The van der Waals surface area contributed by atoms with Crippen LogP contribution < -0.4 is 5.73 Å². The van der Waals surface area contributed by atoms with Crippen molar-refractivity contribution in [3.63, 3.8) is 0 Å². The Morgan fingerprint density at radius 3 is 1.94 bits per heavy atom. The van der Waals surface area contributed by atoms with Crippen LogP contribution in [0.1, 0.15) is 56.8 Å². The molecule has 1 aromatic heterocycles. The first-order valence-corrected chi connectivity index (χ1v) is 12.4. The number of carbonyl (C=O) groups is 2. The van der Waals surface area contributed by atoms with Gasteiger partial charge in [-0.05, 0) is 48.1 Å². The van der Waals surface area contributed by atoms with Gasteiger partial charge < -0.3 is 10.6 Å². The number of amides is 2. The highest BCUT2D eigenvalue weighted by atomic mass is 32.2. The number of hydrogen-bond donors (Lipinski definition) is 1. The van der Waals surface area contributed by atoms with Crippen molar-refractivity contribution in [2.45, 2.75) is 44.9 Å². The van der Waals surface area contributed by atoms with Crippen molar-refractivity contribution in [2.24, 2.45) is 5.73 Å². The molecule has 2 heterocycles. The van der Waals surface area contributed by atoms with E-state index in [1.807, 2.05) is 26.0 Å². The van der Waals surface area contributed by atoms with Crippen LogP contribution in [-0.2, 0) is 15.4 Å². The lowest BCUT2D eigenvalue weighted by Gasteiger charge is -2.34. The van der Waals surface area contributed by atoms with Crippen LogP contribution in [0.3, 0.4) is 0 Å². The Morgan fingerprint density at radius 2 is 1.48 bits per heavy atom. The second-order valence-electron chi connectivity index (χ2n) is 8.91. The van der Waals surface area contributed by atoms with Crippen LogP contribution in [0.2, 0.25) is 0 Å². The number of nitrogens with zero attached hydrogens (tertiary/aromatic N) is 2. The van der Waals surface area contributed by atoms with Crippen LogP contribution in [0.4, 0.5) is 0 Å². The Hall–Kier alpha value is -2.23. The molecule has 2 N–H and O–H groups in total. The molecule has 0 saturated carbocycles. The van der Waals surface area contributed by atoms with Crippen LogP contribution in [0.15, 0.2) is 29.2 Å². The van der Waals surface area contributed by atoms with Crippen LogP contribution >= 0.6 is 11.3 Å². The third-order valence-corrected chi connectivity index (χ3v) is 8.80. The number of sulfonamides is 1. The molecule has 0 unspecified atom stereocenters. The van der Waals surface area contributed by atoms with Crippen LogP contribution in [0, 0.1) is 13.8 Å². The maximum atomic E-state index is 13.4. The van der Waals surface area contributed by atoms with Gasteiger partial charge in [-0.25, -0.2) is 8.42 Å². The van der Waals surface area contributed by atoms with Gasteiger partial charge in [0.2, 0.25) is 10.0 Å². The monoisotopic (exact) mass is 463 g/mol. The molecule has 31 heavy (non-hydrogen) atoms. The summed E-state index contributed by atoms with van der Waals surface area (Å²) >= 11 is 1.06. The Balaban J connectivity index is 1.77. The van der Waals surface area contributed by atoms with E-state index in [0.29, 0.717) is 27.7 Å². The number of hydrogen-bond acceptors (Lipinski definition) is 5. The summed E-state index contributed by atoms with van der Waals surface area (Å²) in [6.07, 6.45) is 0. The first-order chi connectivity index (χ1) is 14.3. The lowest BCUT2D eigenvalue weighted by atomic mass is 9.85. The summed E-state index contributed by atoms with van der Waals surface area (Å²) in [5.74, 6) is -0.778. The number of benzene rings is 1. The predicted molar refractivity (Wildman–Crippen MR) is 122 cm³/mol. The van der Waals surface area contributed by atoms with Crippen molar-refractivity contribution in [1.29, 1.82) is 0 Å². The fourth-order valence-electron chi connectivity index (χ4n) is 3.79. The van der Waals surface area contributed by atoms with E-state index in [1.165, 1.54) is 10.4 Å². The summed E-state index contributed by atoms with van der Waals surface area (Å²) < 4.78 is 28.2. The molecule has 3 rings (SSSR count). The molecule has 0 aliphatic carbocycles. The molecule has 0 bridgehead atoms. The summed E-state index contributed by atoms with van der Waals surface area (Å²) in [7, 11) is -3.67. The molecule has 2 amide bonds. The quantitative estimate of drug-likeness (QED) is 0.753. The Kier molecular flexibility index (Phi) is 6.32. The topological polar surface area (TPSA) is 101 Å². The van der Waals surface area contributed by atoms with Crippen LogP contribution in [-0.4, -0.2) is 55.6 Å². The lowest BCUT2D eigenvalue weighted by Crippen LogP contribution is -2.50. The van der Waals surface area contributed by atoms with Crippen molar-refractivity contribution in [3.8, 4) is 0 Å². The van der Waals surface area contributed by atoms with E-state index in [2.05, 4.69) is 20.8 Å². The first-order valence-electron chi connectivity index (χ1n) is 10.1. The molecule has 0 atom stereocenters. The van der Waals surface area contributed by atoms with Crippen molar-refractivity contribution < 1.29 is 18.0 Å². The standard InChI is InChI=1S/C22H29N3O4S2/c1-14-12-16(22(3,4)5)13-15(2)19(14)31(28,29)25-10-8-24(9-11-25)21(27)18-7-6-17(30-18)20(23)26/h6-7,12-13H,8-11H2,1-5H3,(H2,23,26). The van der Waals surface area contributed by atoms with Gasteiger partial charge in [-0.15, -0.1) is 11.3 Å². The van der Waals surface area contributed by atoms with Crippen LogP contribution in [0.25, 0.3) is 0 Å². The fraction of sp³-hybridized carbons (Fsp3) is 0.455. The van der Waals surface area contributed by atoms with E-state index in [4.69, 9.17) is 5.73 Å². The molecule has 9 heteroatoms. The molecular formula is C22H29N3O4S2. The van der Waals surface area contributed by atoms with Crippen molar-refractivity contribution in [3.05, 3.63) is 50.7 Å². The summed E-state index contributed by atoms with van der Waals surface area (Å²) in [4.78, 5) is 26.7. The van der Waals surface area contributed by atoms with Gasteiger partial charge in [0.1, 0.15) is 0 Å². The average molecular weight is 464 g/mol. The molecule has 2 aromatic rings. The van der Waals surface area contributed by atoms with Crippen molar-refractivity contribution in [2.75, 3.05) is 26.2 Å². The minimum Gasteiger partial charge on any atom is -0.365 e. The Morgan fingerprint density at radius 1 is 0.968 bits per heavy atom. The average Bonchev–Trinajstić information content (AvgIpc) is 3.16. The fourth-order valence-corrected chi connectivity index (χ4v) is 6.45. The maximum Gasteiger partial charge on any atom is 0.264 e. The number of piperazine rings is 1. The second-order valence-corrected chi connectivity index (χ2v) is 11.9. The molecule has 7 nitrogen and oxygen atoms in total. The number of primary amides is 1. The SMILES string of the molecule is Cc1cc(C(C)(C)C)cc(C)c1S(=O)(=O)N1CCN(C(=O)c2ccc(C(N)=O)s2)CC1. The second kappa shape index (κ2) is 8.37. The number of carbonyl (C=O) groups excluding carboxylic acids is 2. The summed E-state index contributed by atoms with van der Waals surface area (Å²) in [5.41, 5.74) is 7.76. The molecule has 1 fully saturated rings. The Bertz CT molecular complexity index is 1100. The summed E-state index contributed by atoms with van der Waals surface area (Å²) in [6, 6.07) is 7.02. The largest absolute Gasteiger partial charge is 0.365 e. The normalized spacial score (nSPS) is 15.8. The minimum atomic E-state index is -3.67. The Labute approximate surface area is 187 Å². The molecule has 0 spiro atoms. The maximum absolute atomic E-state index is 13.4. The van der Waals surface area contributed by atoms with E-state index < -0.39 is 15.9 Å². The van der Waals surface area contributed by atoms with Gasteiger partial charge in [0, 0.05) is 26.2 Å². The molecule has 0 radical (unpaired) electrons. The third kappa shape index (κ3) is 4.68. The molecule has 168 valence electrons. The number of nitrogens with two attached hydrogens (primary N) is 1. The third-order valence-electron chi connectivity index (χ3n) is 5.51. The molecule has 1 aromatic carbocycles. The summed E-state index contributed by atoms with van der Waals surface area (Å²) in [5, 5.41) is 0. The smallest absolute Gasteiger partial charge is 0.264 e. The van der Waals surface area contributed by atoms with Gasteiger partial charge in [0.05, 0.1) is 14.6 Å². The van der Waals surface area contributed by atoms with E-state index in [9.17, 15) is 18.0 Å². The van der Waals surface area contributed by atoms with Crippen molar-refractivity contribution in [1.82, 2.24) is 9.21 Å².